The molecule has 0 spiro atoms. The molecule has 0 unspecified atom stereocenters. The second-order valence-electron chi connectivity index (χ2n) is 5.73. The number of nitrogens with zero attached hydrogens (tertiary/aromatic N) is 3. The lowest BCUT2D eigenvalue weighted by molar-refractivity contribution is -0.384. The van der Waals surface area contributed by atoms with Crippen LogP contribution in [-0.2, 0) is 14.3 Å². The van der Waals surface area contributed by atoms with E-state index in [-0.39, 0.29) is 23.8 Å². The maximum Gasteiger partial charge on any atom is 0.338 e. The minimum Gasteiger partial charge on any atom is -0.463 e. The summed E-state index contributed by atoms with van der Waals surface area (Å²) in [5, 5.41) is 11.5. The van der Waals surface area contributed by atoms with Crippen LogP contribution in [0, 0.1) is 10.1 Å². The molecule has 2 heterocycles. The molecule has 1 aromatic rings. The number of nitro groups is 1. The van der Waals surface area contributed by atoms with Crippen LogP contribution in [0.4, 0.5) is 5.69 Å². The lowest BCUT2D eigenvalue weighted by Gasteiger charge is -2.38. The van der Waals surface area contributed by atoms with Crippen molar-refractivity contribution in [1.29, 1.82) is 0 Å². The van der Waals surface area contributed by atoms with Gasteiger partial charge in [0.2, 0.25) is 5.91 Å². The van der Waals surface area contributed by atoms with Crippen LogP contribution in [0.25, 0.3) is 0 Å². The molecule has 1 amide bonds. The van der Waals surface area contributed by atoms with E-state index in [1.54, 1.807) is 26.0 Å². The van der Waals surface area contributed by atoms with Crippen molar-refractivity contribution in [1.82, 2.24) is 4.90 Å². The van der Waals surface area contributed by atoms with E-state index in [0.29, 0.717) is 28.6 Å². The quantitative estimate of drug-likeness (QED) is 0.455. The highest BCUT2D eigenvalue weighted by molar-refractivity contribution is 8.14. The lowest BCUT2D eigenvalue weighted by atomic mass is 9.94. The summed E-state index contributed by atoms with van der Waals surface area (Å²) in [6, 6.07) is 5.14. The largest absolute Gasteiger partial charge is 0.463 e. The van der Waals surface area contributed by atoms with Crippen LogP contribution in [0.3, 0.4) is 0 Å². The topological polar surface area (TPSA) is 102 Å². The average Bonchev–Trinajstić information content (AvgIpc) is 2.61. The van der Waals surface area contributed by atoms with E-state index in [9.17, 15) is 19.7 Å². The third-order valence-corrected chi connectivity index (χ3v) is 5.08. The maximum atomic E-state index is 12.6. The molecule has 0 aromatic heterocycles. The van der Waals surface area contributed by atoms with E-state index in [2.05, 4.69) is 4.99 Å². The minimum atomic E-state index is -0.706. The highest BCUT2D eigenvalue weighted by atomic mass is 32.2. The number of ether oxygens (including phenoxy) is 1. The first-order valence-electron chi connectivity index (χ1n) is 8.09. The van der Waals surface area contributed by atoms with Crippen LogP contribution in [0.15, 0.2) is 40.5 Å². The molecule has 0 bridgehead atoms. The van der Waals surface area contributed by atoms with Gasteiger partial charge in [0, 0.05) is 24.3 Å². The molecular weight excluding hydrogens is 358 g/mol. The number of non-ortho nitro benzene ring substituents is 1. The van der Waals surface area contributed by atoms with Crippen molar-refractivity contribution in [2.24, 2.45) is 4.99 Å². The van der Waals surface area contributed by atoms with Gasteiger partial charge in [-0.3, -0.25) is 19.8 Å². The smallest absolute Gasteiger partial charge is 0.338 e. The number of hydrogen-bond donors (Lipinski definition) is 0. The molecule has 1 atom stereocenters. The Morgan fingerprint density at radius 3 is 2.73 bits per heavy atom. The number of aliphatic imine (C=N–C) groups is 1. The van der Waals surface area contributed by atoms with Gasteiger partial charge in [0.25, 0.3) is 5.69 Å². The molecule has 0 N–H and O–H groups in total. The number of nitro benzene ring substituents is 1. The number of amidine groups is 1. The summed E-state index contributed by atoms with van der Waals surface area (Å²) in [7, 11) is 0. The van der Waals surface area contributed by atoms with Gasteiger partial charge < -0.3 is 4.74 Å². The first kappa shape index (κ1) is 18.1. The van der Waals surface area contributed by atoms with Crippen molar-refractivity contribution in [2.75, 3.05) is 12.4 Å². The van der Waals surface area contributed by atoms with Gasteiger partial charge in [-0.1, -0.05) is 11.8 Å². The highest BCUT2D eigenvalue weighted by Gasteiger charge is 2.41. The highest BCUT2D eigenvalue weighted by Crippen LogP contribution is 2.40. The second-order valence-corrected chi connectivity index (χ2v) is 6.79. The molecule has 1 saturated heterocycles. The zero-order chi connectivity index (χ0) is 18.8. The van der Waals surface area contributed by atoms with Crippen molar-refractivity contribution in [2.45, 2.75) is 26.3 Å². The summed E-state index contributed by atoms with van der Waals surface area (Å²) in [6.07, 6.45) is 0.336. The first-order valence-corrected chi connectivity index (χ1v) is 9.08. The SMILES string of the molecule is CCOC(=O)C1=C(C)N=C2SCCC(=O)N2[C@H]1c1ccc([N+](=O)[O-])cc1. The van der Waals surface area contributed by atoms with E-state index in [1.165, 1.54) is 28.8 Å². The van der Waals surface area contributed by atoms with E-state index >= 15 is 0 Å². The fourth-order valence-corrected chi connectivity index (χ4v) is 3.97. The third-order valence-electron chi connectivity index (χ3n) is 4.12. The summed E-state index contributed by atoms with van der Waals surface area (Å²) in [5.41, 5.74) is 1.30. The molecular formula is C17H17N3O5S. The summed E-state index contributed by atoms with van der Waals surface area (Å²) in [4.78, 5) is 41.4. The number of thioether (sulfide) groups is 1. The predicted molar refractivity (Wildman–Crippen MR) is 96.5 cm³/mol. The van der Waals surface area contributed by atoms with Crippen LogP contribution < -0.4 is 0 Å². The summed E-state index contributed by atoms with van der Waals surface area (Å²) in [5.74, 6) is -0.0527. The van der Waals surface area contributed by atoms with Crippen molar-refractivity contribution in [3.05, 3.63) is 51.2 Å². The predicted octanol–water partition coefficient (Wildman–Crippen LogP) is 2.81. The van der Waals surface area contributed by atoms with Gasteiger partial charge in [-0.05, 0) is 31.5 Å². The number of carbonyl (C=O) groups excluding carboxylic acids is 2. The van der Waals surface area contributed by atoms with Crippen molar-refractivity contribution >= 4 is 34.5 Å². The zero-order valence-electron chi connectivity index (χ0n) is 14.3. The number of allylic oxidation sites excluding steroid dienone is 1. The Kier molecular flexibility index (Phi) is 5.08. The Morgan fingerprint density at radius 1 is 1.42 bits per heavy atom. The summed E-state index contributed by atoms with van der Waals surface area (Å²) in [6.45, 7) is 3.60. The fourth-order valence-electron chi connectivity index (χ4n) is 2.96. The van der Waals surface area contributed by atoms with Crippen LogP contribution in [-0.4, -0.2) is 39.2 Å². The molecule has 0 saturated carbocycles. The van der Waals surface area contributed by atoms with E-state index < -0.39 is 16.9 Å². The van der Waals surface area contributed by atoms with Crippen LogP contribution in [0.1, 0.15) is 31.9 Å². The number of fused-ring (bicyclic) bond motifs is 1. The van der Waals surface area contributed by atoms with Crippen molar-refractivity contribution in [3.8, 4) is 0 Å². The van der Waals surface area contributed by atoms with Crippen LogP contribution in [0.5, 0.6) is 0 Å². The number of hydrogen-bond acceptors (Lipinski definition) is 7. The van der Waals surface area contributed by atoms with Gasteiger partial charge in [0.15, 0.2) is 5.17 Å². The first-order chi connectivity index (χ1) is 12.4. The van der Waals surface area contributed by atoms with Gasteiger partial charge in [0.05, 0.1) is 28.8 Å². The fraction of sp³-hybridized carbons (Fsp3) is 0.353. The van der Waals surface area contributed by atoms with Gasteiger partial charge in [-0.2, -0.15) is 0 Å². The molecule has 9 heteroatoms. The molecule has 0 aliphatic carbocycles. The van der Waals surface area contributed by atoms with E-state index in [4.69, 9.17) is 4.74 Å². The van der Waals surface area contributed by atoms with Crippen molar-refractivity contribution < 1.29 is 19.2 Å². The standard InChI is InChI=1S/C17H17N3O5S/c1-3-25-16(22)14-10(2)18-17-19(13(21)8-9-26-17)15(14)11-4-6-12(7-5-11)20(23)24/h4-7,15H,3,8-9H2,1-2H3/t15-/m0/s1. The molecule has 8 nitrogen and oxygen atoms in total. The van der Waals surface area contributed by atoms with Crippen LogP contribution in [0.2, 0.25) is 0 Å². The van der Waals surface area contributed by atoms with Gasteiger partial charge in [0.1, 0.15) is 0 Å². The second kappa shape index (κ2) is 7.28. The third kappa shape index (κ3) is 3.22. The average molecular weight is 375 g/mol. The lowest BCUT2D eigenvalue weighted by Crippen LogP contribution is -2.45. The molecule has 26 heavy (non-hydrogen) atoms. The molecule has 136 valence electrons. The van der Waals surface area contributed by atoms with Gasteiger partial charge in [-0.15, -0.1) is 0 Å². The molecule has 1 aromatic carbocycles. The number of amides is 1. The zero-order valence-corrected chi connectivity index (χ0v) is 15.1. The molecule has 3 rings (SSSR count). The maximum absolute atomic E-state index is 12.6. The molecule has 1 fully saturated rings. The number of benzene rings is 1. The number of rotatable bonds is 4. The molecule has 2 aliphatic heterocycles. The number of esters is 1. The summed E-state index contributed by atoms with van der Waals surface area (Å²) < 4.78 is 5.16. The Hall–Kier alpha value is -2.68. The normalized spacial score (nSPS) is 19.8. The van der Waals surface area contributed by atoms with Gasteiger partial charge in [-0.25, -0.2) is 9.79 Å². The molecule has 2 aliphatic rings. The monoisotopic (exact) mass is 375 g/mol. The molecule has 0 radical (unpaired) electrons. The van der Waals surface area contributed by atoms with Crippen molar-refractivity contribution in [3.63, 3.8) is 0 Å². The van der Waals surface area contributed by atoms with Crippen LogP contribution >= 0.6 is 11.8 Å². The Bertz CT molecular complexity index is 831. The van der Waals surface area contributed by atoms with Gasteiger partial charge >= 0.3 is 5.97 Å². The van der Waals surface area contributed by atoms with E-state index in [0.717, 1.165) is 0 Å². The Labute approximate surface area is 154 Å². The number of carbonyl (C=O) groups is 2. The Balaban J connectivity index is 2.12. The summed E-state index contributed by atoms with van der Waals surface area (Å²) >= 11 is 1.45. The Morgan fingerprint density at radius 2 is 2.12 bits per heavy atom. The van der Waals surface area contributed by atoms with E-state index in [1.807, 2.05) is 0 Å². The minimum absolute atomic E-state index is 0.0591.